The van der Waals surface area contributed by atoms with Crippen molar-refractivity contribution < 1.29 is 0 Å². The molecule has 0 spiro atoms. The van der Waals surface area contributed by atoms with Crippen LogP contribution in [-0.4, -0.2) is 20.2 Å². The highest BCUT2D eigenvalue weighted by atomic mass is 15.6. The first-order chi connectivity index (χ1) is 9.74. The number of hydrogen-bond acceptors (Lipinski definition) is 3. The van der Waals surface area contributed by atoms with Gasteiger partial charge in [0.15, 0.2) is 0 Å². The van der Waals surface area contributed by atoms with Gasteiger partial charge >= 0.3 is 0 Å². The zero-order chi connectivity index (χ0) is 14.4. The molecule has 2 rings (SSSR count). The molecule has 0 aliphatic heterocycles. The number of unbranched alkanes of at least 4 members (excludes halogenated alkanes) is 2. The van der Waals surface area contributed by atoms with Crippen LogP contribution in [0.1, 0.15) is 44.6 Å². The fourth-order valence-corrected chi connectivity index (χ4v) is 2.03. The number of benzene rings is 1. The lowest BCUT2D eigenvalue weighted by Gasteiger charge is -2.05. The van der Waals surface area contributed by atoms with Gasteiger partial charge in [0, 0.05) is 5.56 Å². The fraction of sp³-hybridized carbons (Fsp3) is 0.438. The molecule has 1 aromatic heterocycles. The summed E-state index contributed by atoms with van der Waals surface area (Å²) >= 11 is 0. The summed E-state index contributed by atoms with van der Waals surface area (Å²) in [7, 11) is 0. The molecule has 0 aliphatic rings. The molecule has 4 heteroatoms. The van der Waals surface area contributed by atoms with Gasteiger partial charge in [0.25, 0.3) is 0 Å². The number of aromatic nitrogens is 4. The number of nitrogens with zero attached hydrogens (tertiary/aromatic N) is 4. The Hall–Kier alpha value is -1.97. The second kappa shape index (κ2) is 6.98. The Morgan fingerprint density at radius 1 is 1.25 bits per heavy atom. The quantitative estimate of drug-likeness (QED) is 0.567. The van der Waals surface area contributed by atoms with Crippen LogP contribution in [0.15, 0.2) is 36.9 Å². The van der Waals surface area contributed by atoms with Crippen molar-refractivity contribution in [3.8, 4) is 11.4 Å². The lowest BCUT2D eigenvalue weighted by atomic mass is 10.00. The van der Waals surface area contributed by atoms with Crippen LogP contribution in [0.4, 0.5) is 0 Å². The van der Waals surface area contributed by atoms with Crippen LogP contribution < -0.4 is 0 Å². The maximum absolute atomic E-state index is 4.42. The Labute approximate surface area is 120 Å². The zero-order valence-corrected chi connectivity index (χ0v) is 12.3. The first-order valence-corrected chi connectivity index (χ1v) is 7.25. The van der Waals surface area contributed by atoms with E-state index < -0.39 is 0 Å². The minimum absolute atomic E-state index is 0.363. The van der Waals surface area contributed by atoms with Gasteiger partial charge in [0.1, 0.15) is 0 Å². The molecule has 0 saturated heterocycles. The molecule has 0 aliphatic carbocycles. The fourth-order valence-electron chi connectivity index (χ4n) is 2.03. The van der Waals surface area contributed by atoms with E-state index in [1.165, 1.54) is 18.4 Å². The molecule has 4 nitrogen and oxygen atoms in total. The molecule has 106 valence electrons. The summed E-state index contributed by atoms with van der Waals surface area (Å²) in [6, 6.07) is 8.28. The van der Waals surface area contributed by atoms with Crippen LogP contribution in [0.2, 0.25) is 0 Å². The molecule has 1 atom stereocenters. The van der Waals surface area contributed by atoms with Gasteiger partial charge in [0.05, 0.1) is 6.54 Å². The van der Waals surface area contributed by atoms with Crippen LogP contribution in [0, 0.1) is 0 Å². The SMILES string of the molecule is C=CC(C)c1ccc(-c2nnn(CCCCC)n2)cc1. The van der Waals surface area contributed by atoms with Gasteiger partial charge < -0.3 is 0 Å². The van der Waals surface area contributed by atoms with Crippen molar-refractivity contribution in [2.75, 3.05) is 0 Å². The van der Waals surface area contributed by atoms with E-state index >= 15 is 0 Å². The lowest BCUT2D eigenvalue weighted by molar-refractivity contribution is 0.486. The molecule has 0 N–H and O–H groups in total. The summed E-state index contributed by atoms with van der Waals surface area (Å²) in [5, 5.41) is 12.6. The molecular weight excluding hydrogens is 248 g/mol. The van der Waals surface area contributed by atoms with Gasteiger partial charge in [-0.1, -0.05) is 57.0 Å². The molecule has 0 bridgehead atoms. The molecule has 0 saturated carbocycles. The monoisotopic (exact) mass is 270 g/mol. The third-order valence-corrected chi connectivity index (χ3v) is 3.46. The number of aryl methyl sites for hydroxylation is 1. The van der Waals surface area contributed by atoms with E-state index in [-0.39, 0.29) is 0 Å². The number of hydrogen-bond donors (Lipinski definition) is 0. The third kappa shape index (κ3) is 3.53. The molecule has 20 heavy (non-hydrogen) atoms. The summed E-state index contributed by atoms with van der Waals surface area (Å²) in [6.07, 6.45) is 5.44. The van der Waals surface area contributed by atoms with Gasteiger partial charge in [0.2, 0.25) is 5.82 Å². The van der Waals surface area contributed by atoms with Crippen molar-refractivity contribution in [1.82, 2.24) is 20.2 Å². The molecule has 1 unspecified atom stereocenters. The maximum Gasteiger partial charge on any atom is 0.204 e. The minimum Gasteiger partial charge on any atom is -0.164 e. The predicted molar refractivity (Wildman–Crippen MR) is 81.4 cm³/mol. The number of allylic oxidation sites excluding steroid dienone is 1. The summed E-state index contributed by atoms with van der Waals surface area (Å²) in [5.74, 6) is 1.06. The highest BCUT2D eigenvalue weighted by molar-refractivity contribution is 5.54. The van der Waals surface area contributed by atoms with Crippen molar-refractivity contribution in [1.29, 1.82) is 0 Å². The average molecular weight is 270 g/mol. The molecule has 0 radical (unpaired) electrons. The number of rotatable bonds is 7. The van der Waals surface area contributed by atoms with Crippen LogP contribution >= 0.6 is 0 Å². The van der Waals surface area contributed by atoms with E-state index in [1.54, 1.807) is 4.80 Å². The highest BCUT2D eigenvalue weighted by Gasteiger charge is 2.07. The van der Waals surface area contributed by atoms with Gasteiger partial charge in [-0.3, -0.25) is 0 Å². The first kappa shape index (κ1) is 14.4. The van der Waals surface area contributed by atoms with Gasteiger partial charge in [-0.25, -0.2) is 0 Å². The Balaban J connectivity index is 2.06. The molecule has 1 heterocycles. The maximum atomic E-state index is 4.42. The van der Waals surface area contributed by atoms with Crippen molar-refractivity contribution in [2.24, 2.45) is 0 Å². The highest BCUT2D eigenvalue weighted by Crippen LogP contribution is 2.20. The normalized spacial score (nSPS) is 12.3. The van der Waals surface area contributed by atoms with Crippen molar-refractivity contribution >= 4 is 0 Å². The van der Waals surface area contributed by atoms with E-state index in [9.17, 15) is 0 Å². The number of tetrazole rings is 1. The minimum atomic E-state index is 0.363. The standard InChI is InChI=1S/C16H22N4/c1-4-6-7-12-20-18-16(17-19-20)15-10-8-14(9-11-15)13(3)5-2/h5,8-11,13H,2,4,6-7,12H2,1,3H3. The smallest absolute Gasteiger partial charge is 0.164 e. The van der Waals surface area contributed by atoms with Crippen LogP contribution in [-0.2, 0) is 6.54 Å². The lowest BCUT2D eigenvalue weighted by Crippen LogP contribution is -2.02. The topological polar surface area (TPSA) is 43.6 Å². The van der Waals surface area contributed by atoms with E-state index in [1.807, 2.05) is 18.2 Å². The van der Waals surface area contributed by atoms with Crippen molar-refractivity contribution in [2.45, 2.75) is 45.6 Å². The third-order valence-electron chi connectivity index (χ3n) is 3.46. The summed E-state index contributed by atoms with van der Waals surface area (Å²) in [5.41, 5.74) is 2.26. The van der Waals surface area contributed by atoms with Crippen LogP contribution in [0.25, 0.3) is 11.4 Å². The summed E-state index contributed by atoms with van der Waals surface area (Å²) in [4.78, 5) is 1.69. The second-order valence-corrected chi connectivity index (χ2v) is 5.06. The van der Waals surface area contributed by atoms with Crippen molar-refractivity contribution in [3.05, 3.63) is 42.5 Å². The van der Waals surface area contributed by atoms with E-state index in [0.29, 0.717) is 11.7 Å². The van der Waals surface area contributed by atoms with E-state index in [0.717, 1.165) is 18.5 Å². The van der Waals surface area contributed by atoms with E-state index in [4.69, 9.17) is 0 Å². The van der Waals surface area contributed by atoms with Gasteiger partial charge in [-0.05, 0) is 23.1 Å². The Morgan fingerprint density at radius 3 is 2.65 bits per heavy atom. The van der Waals surface area contributed by atoms with Gasteiger partial charge in [-0.15, -0.1) is 16.8 Å². The van der Waals surface area contributed by atoms with Gasteiger partial charge in [-0.2, -0.15) is 4.80 Å². The second-order valence-electron chi connectivity index (χ2n) is 5.06. The van der Waals surface area contributed by atoms with Crippen LogP contribution in [0.3, 0.4) is 0 Å². The molecule has 1 aromatic carbocycles. The average Bonchev–Trinajstić information content (AvgIpc) is 2.96. The Morgan fingerprint density at radius 2 is 2.00 bits per heavy atom. The first-order valence-electron chi connectivity index (χ1n) is 7.25. The molecule has 0 amide bonds. The summed E-state index contributed by atoms with van der Waals surface area (Å²) < 4.78 is 0. The predicted octanol–water partition coefficient (Wildman–Crippen LogP) is 3.82. The Bertz CT molecular complexity index is 542. The summed E-state index contributed by atoms with van der Waals surface area (Å²) in [6.45, 7) is 8.97. The largest absolute Gasteiger partial charge is 0.204 e. The van der Waals surface area contributed by atoms with Crippen LogP contribution in [0.5, 0.6) is 0 Å². The zero-order valence-electron chi connectivity index (χ0n) is 12.3. The molecule has 2 aromatic rings. The Kier molecular flexibility index (Phi) is 5.04. The van der Waals surface area contributed by atoms with Crippen molar-refractivity contribution in [3.63, 3.8) is 0 Å². The molecule has 0 fully saturated rings. The molecular formula is C16H22N4. The van der Waals surface area contributed by atoms with E-state index in [2.05, 4.69) is 48.0 Å².